The number of nitrogens with one attached hydrogen (secondary N) is 1. The summed E-state index contributed by atoms with van der Waals surface area (Å²) in [4.78, 5) is 27.3. The zero-order chi connectivity index (χ0) is 24.0. The van der Waals surface area contributed by atoms with Gasteiger partial charge in [-0.05, 0) is 34.9 Å². The number of amides is 2. The maximum Gasteiger partial charge on any atom is 0.243 e. The van der Waals surface area contributed by atoms with Gasteiger partial charge in [-0.25, -0.2) is 8.42 Å². The second-order valence-corrected chi connectivity index (χ2v) is 9.86. The van der Waals surface area contributed by atoms with E-state index in [-0.39, 0.29) is 23.9 Å². The molecular formula is C25H29N3O4S. The molecule has 0 aromatic heterocycles. The third-order valence-electron chi connectivity index (χ3n) is 5.62. The molecule has 1 atom stereocenters. The van der Waals surface area contributed by atoms with E-state index in [0.717, 1.165) is 20.6 Å². The Labute approximate surface area is 195 Å². The van der Waals surface area contributed by atoms with Crippen molar-refractivity contribution in [3.8, 4) is 0 Å². The Hall–Kier alpha value is -3.23. The van der Waals surface area contributed by atoms with Gasteiger partial charge in [-0.15, -0.1) is 0 Å². The van der Waals surface area contributed by atoms with Crippen LogP contribution in [0.2, 0.25) is 0 Å². The Balaban J connectivity index is 1.86. The topological polar surface area (TPSA) is 86.8 Å². The first-order valence-corrected chi connectivity index (χ1v) is 12.2. The van der Waals surface area contributed by atoms with Crippen LogP contribution >= 0.6 is 0 Å². The van der Waals surface area contributed by atoms with Crippen LogP contribution < -0.4 is 5.32 Å². The highest BCUT2D eigenvalue weighted by molar-refractivity contribution is 7.89. The van der Waals surface area contributed by atoms with Crippen molar-refractivity contribution in [2.45, 2.75) is 30.8 Å². The van der Waals surface area contributed by atoms with Crippen LogP contribution in [0, 0.1) is 0 Å². The molecule has 0 fully saturated rings. The summed E-state index contributed by atoms with van der Waals surface area (Å²) in [6.45, 7) is 1.64. The van der Waals surface area contributed by atoms with E-state index in [2.05, 4.69) is 5.32 Å². The van der Waals surface area contributed by atoms with Crippen LogP contribution in [0.1, 0.15) is 18.9 Å². The summed E-state index contributed by atoms with van der Waals surface area (Å²) in [5.74, 6) is -0.733. The van der Waals surface area contributed by atoms with Crippen LogP contribution in [0.5, 0.6) is 0 Å². The van der Waals surface area contributed by atoms with Crippen molar-refractivity contribution in [3.63, 3.8) is 0 Å². The van der Waals surface area contributed by atoms with Crippen molar-refractivity contribution >= 4 is 32.6 Å². The minimum absolute atomic E-state index is 0.115. The van der Waals surface area contributed by atoms with Gasteiger partial charge in [0.15, 0.2) is 0 Å². The zero-order valence-corrected chi connectivity index (χ0v) is 19.9. The molecule has 1 N–H and O–H groups in total. The van der Waals surface area contributed by atoms with Crippen LogP contribution in [0.4, 0.5) is 0 Å². The number of hydrogen-bond donors (Lipinski definition) is 1. The first kappa shape index (κ1) is 24.4. The van der Waals surface area contributed by atoms with Gasteiger partial charge in [-0.3, -0.25) is 9.59 Å². The lowest BCUT2D eigenvalue weighted by molar-refractivity contribution is -0.141. The standard InChI is InChI=1S/C25H29N3O4S/c1-4-23(25(30)26-2)28(17-19-10-6-5-7-11-19)24(29)18-27(3)33(31,32)22-15-14-20-12-8-9-13-21(20)16-22/h5-16,23H,4,17-18H2,1-3H3,(H,26,30). The Morgan fingerprint density at radius 2 is 1.58 bits per heavy atom. The lowest BCUT2D eigenvalue weighted by Crippen LogP contribution is -2.51. The monoisotopic (exact) mass is 467 g/mol. The van der Waals surface area contributed by atoms with Gasteiger partial charge in [-0.1, -0.05) is 67.6 Å². The third-order valence-corrected chi connectivity index (χ3v) is 7.41. The van der Waals surface area contributed by atoms with E-state index in [9.17, 15) is 18.0 Å². The van der Waals surface area contributed by atoms with Gasteiger partial charge in [0, 0.05) is 20.6 Å². The van der Waals surface area contributed by atoms with Gasteiger partial charge in [0.25, 0.3) is 0 Å². The Morgan fingerprint density at radius 1 is 0.939 bits per heavy atom. The largest absolute Gasteiger partial charge is 0.357 e. The number of hydrogen-bond acceptors (Lipinski definition) is 4. The van der Waals surface area contributed by atoms with Crippen molar-refractivity contribution in [2.24, 2.45) is 0 Å². The summed E-state index contributed by atoms with van der Waals surface area (Å²) in [5, 5.41) is 4.33. The molecule has 0 saturated carbocycles. The smallest absolute Gasteiger partial charge is 0.243 e. The molecule has 0 aliphatic rings. The first-order valence-electron chi connectivity index (χ1n) is 10.8. The molecule has 8 heteroatoms. The van der Waals surface area contributed by atoms with Crippen LogP contribution in [0.3, 0.4) is 0 Å². The molecule has 33 heavy (non-hydrogen) atoms. The van der Waals surface area contributed by atoms with E-state index < -0.39 is 22.0 Å². The second kappa shape index (κ2) is 10.6. The van der Waals surface area contributed by atoms with Crippen LogP contribution in [-0.4, -0.2) is 56.1 Å². The van der Waals surface area contributed by atoms with E-state index in [1.54, 1.807) is 18.2 Å². The highest BCUT2D eigenvalue weighted by Crippen LogP contribution is 2.22. The molecule has 0 aliphatic heterocycles. The minimum Gasteiger partial charge on any atom is -0.357 e. The molecular weight excluding hydrogens is 438 g/mol. The second-order valence-electron chi connectivity index (χ2n) is 7.82. The molecule has 1 unspecified atom stereocenters. The fourth-order valence-electron chi connectivity index (χ4n) is 3.74. The number of sulfonamides is 1. The van der Waals surface area contributed by atoms with Gasteiger partial charge in [-0.2, -0.15) is 4.31 Å². The Morgan fingerprint density at radius 3 is 2.21 bits per heavy atom. The van der Waals surface area contributed by atoms with E-state index in [1.807, 2.05) is 61.5 Å². The predicted octanol–water partition coefficient (Wildman–Crippen LogP) is 3.01. The quantitative estimate of drug-likeness (QED) is 0.524. The van der Waals surface area contributed by atoms with E-state index in [0.29, 0.717) is 6.42 Å². The molecule has 0 aliphatic carbocycles. The maximum atomic E-state index is 13.3. The summed E-state index contributed by atoms with van der Waals surface area (Å²) < 4.78 is 27.4. The first-order chi connectivity index (χ1) is 15.8. The molecule has 7 nitrogen and oxygen atoms in total. The van der Waals surface area contributed by atoms with Crippen molar-refractivity contribution < 1.29 is 18.0 Å². The summed E-state index contributed by atoms with van der Waals surface area (Å²) >= 11 is 0. The fraction of sp³-hybridized carbons (Fsp3) is 0.280. The van der Waals surface area contributed by atoms with Crippen molar-refractivity contribution in [1.29, 1.82) is 0 Å². The lowest BCUT2D eigenvalue weighted by Gasteiger charge is -2.31. The molecule has 0 saturated heterocycles. The summed E-state index contributed by atoms with van der Waals surface area (Å²) in [6.07, 6.45) is 0.402. The number of nitrogens with zero attached hydrogens (tertiary/aromatic N) is 2. The highest BCUT2D eigenvalue weighted by Gasteiger charge is 2.31. The van der Waals surface area contributed by atoms with Crippen molar-refractivity contribution in [2.75, 3.05) is 20.6 Å². The SMILES string of the molecule is CCC(C(=O)NC)N(Cc1ccccc1)C(=O)CN(C)S(=O)(=O)c1ccc2ccccc2c1. The van der Waals surface area contributed by atoms with Gasteiger partial charge in [0.05, 0.1) is 11.4 Å². The zero-order valence-electron chi connectivity index (χ0n) is 19.1. The van der Waals surface area contributed by atoms with Crippen molar-refractivity contribution in [1.82, 2.24) is 14.5 Å². The Bertz CT molecular complexity index is 1230. The Kier molecular flexibility index (Phi) is 7.84. The number of carbonyl (C=O) groups excluding carboxylic acids is 2. The average Bonchev–Trinajstić information content (AvgIpc) is 2.83. The highest BCUT2D eigenvalue weighted by atomic mass is 32.2. The lowest BCUT2D eigenvalue weighted by atomic mass is 10.1. The number of likely N-dealkylation sites (N-methyl/N-ethyl adjacent to an activating group) is 2. The van der Waals surface area contributed by atoms with Crippen LogP contribution in [0.15, 0.2) is 77.7 Å². The van der Waals surface area contributed by atoms with E-state index in [1.165, 1.54) is 19.0 Å². The summed E-state index contributed by atoms with van der Waals surface area (Å²) in [5.41, 5.74) is 0.855. The molecule has 3 aromatic rings. The average molecular weight is 468 g/mol. The molecule has 0 spiro atoms. The minimum atomic E-state index is -3.90. The molecule has 0 heterocycles. The van der Waals surface area contributed by atoms with Gasteiger partial charge in [0.1, 0.15) is 6.04 Å². The number of carbonyl (C=O) groups is 2. The fourth-order valence-corrected chi connectivity index (χ4v) is 4.90. The molecule has 0 radical (unpaired) electrons. The molecule has 2 amide bonds. The third kappa shape index (κ3) is 5.58. The normalized spacial score (nSPS) is 12.5. The number of fused-ring (bicyclic) bond motifs is 1. The van der Waals surface area contributed by atoms with E-state index >= 15 is 0 Å². The number of rotatable bonds is 9. The molecule has 3 rings (SSSR count). The molecule has 174 valence electrons. The summed E-state index contributed by atoms with van der Waals surface area (Å²) in [7, 11) is -1.01. The van der Waals surface area contributed by atoms with Crippen LogP contribution in [-0.2, 0) is 26.2 Å². The van der Waals surface area contributed by atoms with Gasteiger partial charge >= 0.3 is 0 Å². The summed E-state index contributed by atoms with van der Waals surface area (Å²) in [6, 6.07) is 21.0. The molecule has 3 aromatic carbocycles. The predicted molar refractivity (Wildman–Crippen MR) is 129 cm³/mol. The van der Waals surface area contributed by atoms with Crippen molar-refractivity contribution in [3.05, 3.63) is 78.4 Å². The van der Waals surface area contributed by atoms with Gasteiger partial charge < -0.3 is 10.2 Å². The van der Waals surface area contributed by atoms with Gasteiger partial charge in [0.2, 0.25) is 21.8 Å². The number of benzene rings is 3. The van der Waals surface area contributed by atoms with Crippen LogP contribution in [0.25, 0.3) is 10.8 Å². The molecule has 0 bridgehead atoms. The maximum absolute atomic E-state index is 13.3. The van der Waals surface area contributed by atoms with E-state index in [4.69, 9.17) is 0 Å².